The molecule has 0 spiro atoms. The Morgan fingerprint density at radius 3 is 2.06 bits per heavy atom. The summed E-state index contributed by atoms with van der Waals surface area (Å²) in [6, 6.07) is 3.77. The molecular formula is C13H21NO4. The topological polar surface area (TPSA) is 49.0 Å². The molecule has 5 nitrogen and oxygen atoms in total. The molecule has 0 aromatic heterocycles. The lowest BCUT2D eigenvalue weighted by molar-refractivity contribution is 0.176. The van der Waals surface area contributed by atoms with Gasteiger partial charge in [0, 0.05) is 19.7 Å². The van der Waals surface area contributed by atoms with Crippen LogP contribution in [0.2, 0.25) is 0 Å². The summed E-state index contributed by atoms with van der Waals surface area (Å²) >= 11 is 0. The summed E-state index contributed by atoms with van der Waals surface area (Å²) in [6.45, 7) is 1.34. The zero-order valence-corrected chi connectivity index (χ0v) is 11.4. The minimum Gasteiger partial charge on any atom is -0.496 e. The number of nitrogens with one attached hydrogen (secondary N) is 1. The van der Waals surface area contributed by atoms with Gasteiger partial charge in [0.05, 0.1) is 28.1 Å². The minimum atomic E-state index is 0.537. The van der Waals surface area contributed by atoms with Gasteiger partial charge >= 0.3 is 0 Å². The molecular weight excluding hydrogens is 234 g/mol. The maximum absolute atomic E-state index is 5.35. The molecule has 0 unspecified atom stereocenters. The number of ether oxygens (including phenoxy) is 4. The Kier molecular flexibility index (Phi) is 6.32. The van der Waals surface area contributed by atoms with Gasteiger partial charge in [-0.2, -0.15) is 0 Å². The highest BCUT2D eigenvalue weighted by Crippen LogP contribution is 2.34. The van der Waals surface area contributed by atoms with E-state index in [1.807, 2.05) is 12.1 Å². The zero-order valence-electron chi connectivity index (χ0n) is 11.4. The molecule has 1 rings (SSSR count). The first-order chi connectivity index (χ1) is 8.76. The van der Waals surface area contributed by atoms with E-state index in [1.165, 1.54) is 0 Å². The quantitative estimate of drug-likeness (QED) is 0.563. The second kappa shape index (κ2) is 7.79. The molecule has 102 valence electrons. The SMILES string of the molecule is COCNCCc1cc(OC)c(OC)cc1OC. The fourth-order valence-corrected chi connectivity index (χ4v) is 1.69. The normalized spacial score (nSPS) is 10.2. The molecule has 0 fully saturated rings. The molecule has 5 heteroatoms. The smallest absolute Gasteiger partial charge is 0.164 e. The summed E-state index contributed by atoms with van der Waals surface area (Å²) in [7, 11) is 6.53. The molecule has 0 saturated carbocycles. The summed E-state index contributed by atoms with van der Waals surface area (Å²) in [4.78, 5) is 0. The van der Waals surface area contributed by atoms with Crippen LogP contribution in [-0.4, -0.2) is 41.7 Å². The van der Waals surface area contributed by atoms with E-state index in [1.54, 1.807) is 28.4 Å². The molecule has 18 heavy (non-hydrogen) atoms. The van der Waals surface area contributed by atoms with Crippen molar-refractivity contribution in [2.24, 2.45) is 0 Å². The van der Waals surface area contributed by atoms with Crippen LogP contribution in [0.25, 0.3) is 0 Å². The van der Waals surface area contributed by atoms with E-state index in [-0.39, 0.29) is 0 Å². The van der Waals surface area contributed by atoms with E-state index in [2.05, 4.69) is 5.32 Å². The van der Waals surface area contributed by atoms with E-state index in [4.69, 9.17) is 18.9 Å². The van der Waals surface area contributed by atoms with Crippen LogP contribution < -0.4 is 19.5 Å². The van der Waals surface area contributed by atoms with Gasteiger partial charge in [-0.05, 0) is 18.1 Å². The Morgan fingerprint density at radius 1 is 0.889 bits per heavy atom. The van der Waals surface area contributed by atoms with Crippen LogP contribution in [-0.2, 0) is 11.2 Å². The summed E-state index contributed by atoms with van der Waals surface area (Å²) in [6.07, 6.45) is 0.826. The summed E-state index contributed by atoms with van der Waals surface area (Å²) in [5.74, 6) is 2.18. The number of benzene rings is 1. The summed E-state index contributed by atoms with van der Waals surface area (Å²) in [5, 5.41) is 3.15. The largest absolute Gasteiger partial charge is 0.496 e. The molecule has 0 aliphatic heterocycles. The Morgan fingerprint density at radius 2 is 1.50 bits per heavy atom. The fourth-order valence-electron chi connectivity index (χ4n) is 1.69. The maximum Gasteiger partial charge on any atom is 0.164 e. The lowest BCUT2D eigenvalue weighted by Gasteiger charge is -2.14. The van der Waals surface area contributed by atoms with Crippen molar-refractivity contribution in [1.29, 1.82) is 0 Å². The van der Waals surface area contributed by atoms with E-state index in [0.29, 0.717) is 18.2 Å². The zero-order chi connectivity index (χ0) is 13.4. The second-order valence-corrected chi connectivity index (χ2v) is 3.70. The molecule has 0 amide bonds. The van der Waals surface area contributed by atoms with Crippen molar-refractivity contribution in [2.75, 3.05) is 41.7 Å². The first-order valence-electron chi connectivity index (χ1n) is 5.75. The van der Waals surface area contributed by atoms with Gasteiger partial charge in [-0.15, -0.1) is 0 Å². The van der Waals surface area contributed by atoms with Gasteiger partial charge in [-0.25, -0.2) is 0 Å². The van der Waals surface area contributed by atoms with Gasteiger partial charge in [-0.3, -0.25) is 5.32 Å². The molecule has 0 aliphatic carbocycles. The summed E-state index contributed by atoms with van der Waals surface area (Å²) in [5.41, 5.74) is 1.07. The monoisotopic (exact) mass is 255 g/mol. The predicted octanol–water partition coefficient (Wildman–Crippen LogP) is 1.45. The third-order valence-electron chi connectivity index (χ3n) is 2.60. The number of hydrogen-bond acceptors (Lipinski definition) is 5. The lowest BCUT2D eigenvalue weighted by Crippen LogP contribution is -2.19. The Balaban J connectivity index is 2.81. The molecule has 0 bridgehead atoms. The van der Waals surface area contributed by atoms with Crippen LogP contribution in [0, 0.1) is 0 Å². The molecule has 1 aromatic carbocycles. The molecule has 0 aliphatic rings. The van der Waals surface area contributed by atoms with Crippen LogP contribution >= 0.6 is 0 Å². The van der Waals surface area contributed by atoms with E-state index >= 15 is 0 Å². The molecule has 0 saturated heterocycles. The molecule has 0 radical (unpaired) electrons. The number of hydrogen-bond donors (Lipinski definition) is 1. The van der Waals surface area contributed by atoms with Crippen molar-refractivity contribution in [1.82, 2.24) is 5.32 Å². The fraction of sp³-hybridized carbons (Fsp3) is 0.538. The lowest BCUT2D eigenvalue weighted by atomic mass is 10.1. The van der Waals surface area contributed by atoms with Gasteiger partial charge in [0.1, 0.15) is 5.75 Å². The van der Waals surface area contributed by atoms with Crippen molar-refractivity contribution in [3.05, 3.63) is 17.7 Å². The van der Waals surface area contributed by atoms with Crippen molar-refractivity contribution >= 4 is 0 Å². The number of methoxy groups -OCH3 is 4. The maximum atomic E-state index is 5.35. The highest BCUT2D eigenvalue weighted by atomic mass is 16.5. The first kappa shape index (κ1) is 14.6. The van der Waals surface area contributed by atoms with Gasteiger partial charge in [0.15, 0.2) is 11.5 Å². The van der Waals surface area contributed by atoms with Crippen LogP contribution in [0.15, 0.2) is 12.1 Å². The highest BCUT2D eigenvalue weighted by Gasteiger charge is 2.11. The standard InChI is InChI=1S/C13H21NO4/c1-15-9-14-6-5-10-7-12(17-3)13(18-4)8-11(10)16-2/h7-8,14H,5-6,9H2,1-4H3. The van der Waals surface area contributed by atoms with Crippen LogP contribution in [0.1, 0.15) is 5.56 Å². The van der Waals surface area contributed by atoms with E-state index in [9.17, 15) is 0 Å². The highest BCUT2D eigenvalue weighted by molar-refractivity contribution is 5.50. The third-order valence-corrected chi connectivity index (χ3v) is 2.60. The van der Waals surface area contributed by atoms with Gasteiger partial charge in [0.2, 0.25) is 0 Å². The van der Waals surface area contributed by atoms with Crippen molar-refractivity contribution in [2.45, 2.75) is 6.42 Å². The predicted molar refractivity (Wildman–Crippen MR) is 69.7 cm³/mol. The van der Waals surface area contributed by atoms with Crippen LogP contribution in [0.3, 0.4) is 0 Å². The molecule has 0 heterocycles. The Labute approximate surface area is 108 Å². The average molecular weight is 255 g/mol. The summed E-state index contributed by atoms with van der Waals surface area (Å²) < 4.78 is 20.8. The molecule has 1 N–H and O–H groups in total. The first-order valence-corrected chi connectivity index (χ1v) is 5.75. The molecule has 0 atom stereocenters. The minimum absolute atomic E-state index is 0.537. The van der Waals surface area contributed by atoms with Crippen molar-refractivity contribution in [3.8, 4) is 17.2 Å². The van der Waals surface area contributed by atoms with Crippen LogP contribution in [0.4, 0.5) is 0 Å². The number of rotatable bonds is 8. The van der Waals surface area contributed by atoms with E-state index in [0.717, 1.165) is 24.3 Å². The second-order valence-electron chi connectivity index (χ2n) is 3.70. The average Bonchev–Trinajstić information content (AvgIpc) is 2.42. The van der Waals surface area contributed by atoms with Gasteiger partial charge < -0.3 is 18.9 Å². The van der Waals surface area contributed by atoms with Gasteiger partial charge in [-0.1, -0.05) is 0 Å². The van der Waals surface area contributed by atoms with Crippen molar-refractivity contribution in [3.63, 3.8) is 0 Å². The van der Waals surface area contributed by atoms with E-state index < -0.39 is 0 Å². The Bertz CT molecular complexity index is 368. The third kappa shape index (κ3) is 3.78. The van der Waals surface area contributed by atoms with Gasteiger partial charge in [0.25, 0.3) is 0 Å². The Hall–Kier alpha value is -1.46. The van der Waals surface area contributed by atoms with Crippen molar-refractivity contribution < 1.29 is 18.9 Å². The molecule has 1 aromatic rings. The van der Waals surface area contributed by atoms with Crippen LogP contribution in [0.5, 0.6) is 17.2 Å².